The van der Waals surface area contributed by atoms with E-state index in [-0.39, 0.29) is 28.0 Å². The van der Waals surface area contributed by atoms with Crippen molar-refractivity contribution in [2.45, 2.75) is 20.8 Å². The van der Waals surface area contributed by atoms with Gasteiger partial charge in [-0.05, 0) is 37.6 Å². The molecule has 2 rings (SSSR count). The summed E-state index contributed by atoms with van der Waals surface area (Å²) in [5, 5.41) is 6.23. The topological polar surface area (TPSA) is 84.5 Å². The molecule has 138 valence electrons. The summed E-state index contributed by atoms with van der Waals surface area (Å²) < 4.78 is 5.02. The monoisotopic (exact) mass is 414 g/mol. The molecule has 0 radical (unpaired) electrons. The highest BCUT2D eigenvalue weighted by Crippen LogP contribution is 2.35. The van der Waals surface area contributed by atoms with Crippen molar-refractivity contribution in [1.29, 1.82) is 0 Å². The number of ether oxygens (including phenoxy) is 1. The third kappa shape index (κ3) is 4.55. The Morgan fingerprint density at radius 1 is 1.19 bits per heavy atom. The van der Waals surface area contributed by atoms with E-state index in [1.807, 2.05) is 0 Å². The molecule has 0 bridgehead atoms. The Morgan fingerprint density at radius 2 is 1.88 bits per heavy atom. The van der Waals surface area contributed by atoms with E-state index in [2.05, 4.69) is 10.6 Å². The molecule has 1 heterocycles. The number of rotatable bonds is 5. The van der Waals surface area contributed by atoms with Crippen LogP contribution in [0.2, 0.25) is 10.0 Å². The van der Waals surface area contributed by atoms with Gasteiger partial charge in [-0.15, -0.1) is 11.3 Å². The Labute approximate surface area is 164 Å². The van der Waals surface area contributed by atoms with Crippen LogP contribution < -0.4 is 10.6 Å². The van der Waals surface area contributed by atoms with E-state index >= 15 is 0 Å². The van der Waals surface area contributed by atoms with Crippen LogP contribution in [-0.4, -0.2) is 24.4 Å². The zero-order chi connectivity index (χ0) is 19.4. The lowest BCUT2D eigenvalue weighted by Gasteiger charge is -2.07. The molecule has 6 nitrogen and oxygen atoms in total. The molecule has 26 heavy (non-hydrogen) atoms. The molecule has 0 aliphatic heterocycles. The van der Waals surface area contributed by atoms with Crippen LogP contribution in [0.15, 0.2) is 18.2 Å². The Bertz CT molecular complexity index is 880. The molecule has 0 aliphatic carbocycles. The van der Waals surface area contributed by atoms with Crippen LogP contribution in [0.25, 0.3) is 0 Å². The van der Waals surface area contributed by atoms with Gasteiger partial charge in [-0.1, -0.05) is 23.2 Å². The van der Waals surface area contributed by atoms with E-state index in [1.165, 1.54) is 13.0 Å². The molecule has 0 unspecified atom stereocenters. The first kappa shape index (κ1) is 20.2. The van der Waals surface area contributed by atoms with Crippen LogP contribution in [0.5, 0.6) is 0 Å². The van der Waals surface area contributed by atoms with Crippen LogP contribution >= 0.6 is 34.5 Å². The van der Waals surface area contributed by atoms with Gasteiger partial charge in [0.25, 0.3) is 5.91 Å². The van der Waals surface area contributed by atoms with Gasteiger partial charge in [0.2, 0.25) is 5.91 Å². The van der Waals surface area contributed by atoms with Crippen molar-refractivity contribution in [2.75, 3.05) is 17.2 Å². The second-order valence-electron chi connectivity index (χ2n) is 5.24. The van der Waals surface area contributed by atoms with Gasteiger partial charge in [0.05, 0.1) is 27.8 Å². The largest absolute Gasteiger partial charge is 0.462 e. The molecule has 1 aromatic carbocycles. The lowest BCUT2D eigenvalue weighted by atomic mass is 10.1. The zero-order valence-electron chi connectivity index (χ0n) is 14.2. The number of hydrogen-bond acceptors (Lipinski definition) is 5. The lowest BCUT2D eigenvalue weighted by Crippen LogP contribution is -2.13. The minimum absolute atomic E-state index is 0.161. The second kappa shape index (κ2) is 8.53. The average Bonchev–Trinajstić information content (AvgIpc) is 2.86. The van der Waals surface area contributed by atoms with Gasteiger partial charge in [0.1, 0.15) is 5.00 Å². The quantitative estimate of drug-likeness (QED) is 0.691. The number of esters is 1. The van der Waals surface area contributed by atoms with Gasteiger partial charge >= 0.3 is 5.97 Å². The third-order valence-electron chi connectivity index (χ3n) is 3.30. The molecular weight excluding hydrogens is 399 g/mol. The molecule has 2 aromatic rings. The predicted molar refractivity (Wildman–Crippen MR) is 104 cm³/mol. The number of anilines is 2. The van der Waals surface area contributed by atoms with Crippen LogP contribution in [-0.2, 0) is 9.53 Å². The van der Waals surface area contributed by atoms with Gasteiger partial charge in [-0.25, -0.2) is 4.79 Å². The zero-order valence-corrected chi connectivity index (χ0v) is 16.6. The number of carbonyl (C=O) groups is 3. The van der Waals surface area contributed by atoms with Crippen molar-refractivity contribution in [2.24, 2.45) is 0 Å². The molecule has 2 N–H and O–H groups in total. The van der Waals surface area contributed by atoms with Gasteiger partial charge in [-0.2, -0.15) is 0 Å². The number of halogens is 2. The first-order chi connectivity index (χ1) is 12.2. The summed E-state index contributed by atoms with van der Waals surface area (Å²) >= 11 is 13.0. The van der Waals surface area contributed by atoms with Crippen LogP contribution in [0.4, 0.5) is 10.7 Å². The van der Waals surface area contributed by atoms with Crippen molar-refractivity contribution in [1.82, 2.24) is 0 Å². The SMILES string of the molecule is CCOC(=O)c1c(NC(C)=O)sc(C(=O)Nc2cc(Cl)ccc2Cl)c1C. The fraction of sp³-hybridized carbons (Fsp3) is 0.235. The Hall–Kier alpha value is -2.09. The fourth-order valence-corrected chi connectivity index (χ4v) is 3.67. The maximum atomic E-state index is 12.7. The molecule has 0 fully saturated rings. The molecule has 0 saturated carbocycles. The van der Waals surface area contributed by atoms with Crippen molar-refractivity contribution in [3.63, 3.8) is 0 Å². The summed E-state index contributed by atoms with van der Waals surface area (Å²) in [6.07, 6.45) is 0. The maximum absolute atomic E-state index is 12.7. The lowest BCUT2D eigenvalue weighted by molar-refractivity contribution is -0.114. The molecule has 9 heteroatoms. The van der Waals surface area contributed by atoms with E-state index in [1.54, 1.807) is 26.0 Å². The van der Waals surface area contributed by atoms with Crippen molar-refractivity contribution in [3.05, 3.63) is 44.2 Å². The van der Waals surface area contributed by atoms with Gasteiger partial charge in [-0.3, -0.25) is 9.59 Å². The van der Waals surface area contributed by atoms with Gasteiger partial charge in [0, 0.05) is 11.9 Å². The van der Waals surface area contributed by atoms with Crippen LogP contribution in [0.1, 0.15) is 39.4 Å². The molecule has 0 aliphatic rings. The van der Waals surface area contributed by atoms with E-state index in [4.69, 9.17) is 27.9 Å². The highest BCUT2D eigenvalue weighted by molar-refractivity contribution is 7.18. The first-order valence-electron chi connectivity index (χ1n) is 7.59. The van der Waals surface area contributed by atoms with Crippen LogP contribution in [0.3, 0.4) is 0 Å². The number of benzene rings is 1. The normalized spacial score (nSPS) is 10.3. The van der Waals surface area contributed by atoms with Crippen molar-refractivity contribution >= 4 is 63.0 Å². The number of thiophene rings is 1. The maximum Gasteiger partial charge on any atom is 0.341 e. The van der Waals surface area contributed by atoms with E-state index in [9.17, 15) is 14.4 Å². The molecule has 0 saturated heterocycles. The molecule has 2 amide bonds. The summed E-state index contributed by atoms with van der Waals surface area (Å²) in [5.41, 5.74) is 0.915. The first-order valence-corrected chi connectivity index (χ1v) is 9.16. The number of nitrogens with one attached hydrogen (secondary N) is 2. The number of hydrogen-bond donors (Lipinski definition) is 2. The standard InChI is InChI=1S/C17H16Cl2N2O4S/c1-4-25-17(24)13-8(2)14(26-16(13)20-9(3)22)15(23)21-12-7-10(18)5-6-11(12)19/h5-7H,4H2,1-3H3,(H,20,22)(H,21,23). The van der Waals surface area contributed by atoms with E-state index in [0.29, 0.717) is 21.3 Å². The Kier molecular flexibility index (Phi) is 6.63. The Morgan fingerprint density at radius 3 is 2.50 bits per heavy atom. The fourth-order valence-electron chi connectivity index (χ4n) is 2.20. The summed E-state index contributed by atoms with van der Waals surface area (Å²) in [4.78, 5) is 36.6. The highest BCUT2D eigenvalue weighted by Gasteiger charge is 2.26. The molecule has 0 spiro atoms. The van der Waals surface area contributed by atoms with E-state index < -0.39 is 11.9 Å². The smallest absolute Gasteiger partial charge is 0.341 e. The summed E-state index contributed by atoms with van der Waals surface area (Å²) in [5.74, 6) is -1.44. The van der Waals surface area contributed by atoms with Crippen LogP contribution in [0, 0.1) is 6.92 Å². The second-order valence-corrected chi connectivity index (χ2v) is 7.10. The minimum Gasteiger partial charge on any atom is -0.462 e. The van der Waals surface area contributed by atoms with Gasteiger partial charge in [0.15, 0.2) is 0 Å². The molecule has 1 aromatic heterocycles. The number of carbonyl (C=O) groups excluding carboxylic acids is 3. The van der Waals surface area contributed by atoms with E-state index in [0.717, 1.165) is 11.3 Å². The number of amides is 2. The van der Waals surface area contributed by atoms with Crippen molar-refractivity contribution in [3.8, 4) is 0 Å². The summed E-state index contributed by atoms with van der Waals surface area (Å²) in [6, 6.07) is 4.68. The summed E-state index contributed by atoms with van der Waals surface area (Å²) in [6.45, 7) is 4.78. The third-order valence-corrected chi connectivity index (χ3v) is 5.07. The minimum atomic E-state index is -0.607. The molecule has 0 atom stereocenters. The molecular formula is C17H16Cl2N2O4S. The predicted octanol–water partition coefficient (Wildman–Crippen LogP) is 4.75. The van der Waals surface area contributed by atoms with Gasteiger partial charge < -0.3 is 15.4 Å². The Balaban J connectivity index is 2.42. The van der Waals surface area contributed by atoms with Crippen molar-refractivity contribution < 1.29 is 19.1 Å². The highest BCUT2D eigenvalue weighted by atomic mass is 35.5. The average molecular weight is 415 g/mol. The summed E-state index contributed by atoms with van der Waals surface area (Å²) in [7, 11) is 0.